The zero-order chi connectivity index (χ0) is 15.1. The van der Waals surface area contributed by atoms with Gasteiger partial charge in [-0.1, -0.05) is 6.07 Å². The molecule has 0 radical (unpaired) electrons. The fourth-order valence-electron chi connectivity index (χ4n) is 2.00. The summed E-state index contributed by atoms with van der Waals surface area (Å²) in [5.41, 5.74) is 3.19. The largest absolute Gasteiger partial charge is 0.464 e. The predicted octanol–water partition coefficient (Wildman–Crippen LogP) is 2.38. The molecule has 0 saturated carbocycles. The standard InChI is InChI=1S/C15H21NO3S/c1-11-10-15(5-4-14(11)6-9-20)16(12(2)17)7-8-19-13(3)18/h4-5,10,20H,6-9H2,1-3H3. The van der Waals surface area contributed by atoms with Crippen molar-refractivity contribution in [3.8, 4) is 0 Å². The summed E-state index contributed by atoms with van der Waals surface area (Å²) in [5, 5.41) is 0. The molecule has 0 N–H and O–H groups in total. The number of amides is 1. The van der Waals surface area contributed by atoms with E-state index in [-0.39, 0.29) is 18.5 Å². The zero-order valence-corrected chi connectivity index (χ0v) is 13.1. The van der Waals surface area contributed by atoms with Crippen LogP contribution in [0.4, 0.5) is 5.69 Å². The molecule has 0 aliphatic rings. The highest BCUT2D eigenvalue weighted by Gasteiger charge is 2.13. The Labute approximate surface area is 125 Å². The third-order valence-corrected chi connectivity index (χ3v) is 3.24. The fourth-order valence-corrected chi connectivity index (χ4v) is 2.24. The third-order valence-electron chi connectivity index (χ3n) is 3.02. The van der Waals surface area contributed by atoms with Crippen molar-refractivity contribution in [2.24, 2.45) is 0 Å². The van der Waals surface area contributed by atoms with Gasteiger partial charge in [-0.15, -0.1) is 0 Å². The van der Waals surface area contributed by atoms with E-state index in [0.29, 0.717) is 6.54 Å². The lowest BCUT2D eigenvalue weighted by atomic mass is 10.1. The van der Waals surface area contributed by atoms with Gasteiger partial charge >= 0.3 is 5.97 Å². The van der Waals surface area contributed by atoms with Crippen molar-refractivity contribution in [1.29, 1.82) is 0 Å². The van der Waals surface area contributed by atoms with Crippen molar-refractivity contribution >= 4 is 30.2 Å². The average molecular weight is 295 g/mol. The van der Waals surface area contributed by atoms with E-state index in [2.05, 4.69) is 12.6 Å². The number of esters is 1. The number of aryl methyl sites for hydroxylation is 2. The summed E-state index contributed by atoms with van der Waals surface area (Å²) in [4.78, 5) is 24.1. The number of anilines is 1. The minimum Gasteiger partial charge on any atom is -0.464 e. The Morgan fingerprint density at radius 3 is 2.50 bits per heavy atom. The number of ether oxygens (including phenoxy) is 1. The minimum absolute atomic E-state index is 0.0708. The van der Waals surface area contributed by atoms with Crippen LogP contribution in [0.15, 0.2) is 18.2 Å². The smallest absolute Gasteiger partial charge is 0.302 e. The fraction of sp³-hybridized carbons (Fsp3) is 0.467. The third kappa shape index (κ3) is 4.89. The number of carbonyl (C=O) groups is 2. The Bertz CT molecular complexity index is 488. The second-order valence-corrected chi connectivity index (χ2v) is 5.04. The Kier molecular flexibility index (Phi) is 6.58. The SMILES string of the molecule is CC(=O)OCCN(C(C)=O)c1ccc(CCS)c(C)c1. The highest BCUT2D eigenvalue weighted by atomic mass is 32.1. The lowest BCUT2D eigenvalue weighted by molar-refractivity contribution is -0.140. The van der Waals surface area contributed by atoms with E-state index < -0.39 is 0 Å². The molecule has 0 spiro atoms. The highest BCUT2D eigenvalue weighted by Crippen LogP contribution is 2.20. The Hall–Kier alpha value is -1.49. The van der Waals surface area contributed by atoms with Gasteiger partial charge in [0.25, 0.3) is 0 Å². The van der Waals surface area contributed by atoms with Gasteiger partial charge in [0.05, 0.1) is 6.54 Å². The summed E-state index contributed by atoms with van der Waals surface area (Å²) >= 11 is 4.23. The molecule has 0 bridgehead atoms. The number of thiol groups is 1. The maximum absolute atomic E-state index is 11.7. The monoisotopic (exact) mass is 295 g/mol. The van der Waals surface area contributed by atoms with Crippen LogP contribution in [-0.2, 0) is 20.7 Å². The predicted molar refractivity (Wildman–Crippen MR) is 83.4 cm³/mol. The molecule has 1 aromatic carbocycles. The topological polar surface area (TPSA) is 46.6 Å². The van der Waals surface area contributed by atoms with Crippen LogP contribution in [0.5, 0.6) is 0 Å². The van der Waals surface area contributed by atoms with E-state index in [9.17, 15) is 9.59 Å². The maximum Gasteiger partial charge on any atom is 0.302 e. The highest BCUT2D eigenvalue weighted by molar-refractivity contribution is 7.80. The molecule has 0 aromatic heterocycles. The van der Waals surface area contributed by atoms with Crippen LogP contribution < -0.4 is 4.90 Å². The van der Waals surface area contributed by atoms with Crippen molar-refractivity contribution in [3.05, 3.63) is 29.3 Å². The van der Waals surface area contributed by atoms with Crippen molar-refractivity contribution < 1.29 is 14.3 Å². The molecule has 20 heavy (non-hydrogen) atoms. The van der Waals surface area contributed by atoms with Gasteiger partial charge in [0.2, 0.25) is 5.91 Å². The van der Waals surface area contributed by atoms with E-state index >= 15 is 0 Å². The molecule has 5 heteroatoms. The van der Waals surface area contributed by atoms with E-state index in [1.165, 1.54) is 19.4 Å². The van der Waals surface area contributed by atoms with Crippen LogP contribution in [0.25, 0.3) is 0 Å². The first-order valence-electron chi connectivity index (χ1n) is 6.57. The Balaban J connectivity index is 2.83. The van der Waals surface area contributed by atoms with Gasteiger partial charge in [-0.25, -0.2) is 0 Å². The number of benzene rings is 1. The van der Waals surface area contributed by atoms with Crippen molar-refractivity contribution in [2.45, 2.75) is 27.2 Å². The molecule has 0 fully saturated rings. The van der Waals surface area contributed by atoms with E-state index in [0.717, 1.165) is 23.4 Å². The Morgan fingerprint density at radius 2 is 2.00 bits per heavy atom. The summed E-state index contributed by atoms with van der Waals surface area (Å²) in [6, 6.07) is 5.91. The molecular weight excluding hydrogens is 274 g/mol. The van der Waals surface area contributed by atoms with Crippen LogP contribution in [0.1, 0.15) is 25.0 Å². The quantitative estimate of drug-likeness (QED) is 0.647. The second kappa shape index (κ2) is 7.94. The first kappa shape index (κ1) is 16.6. The number of rotatable bonds is 6. The molecule has 0 aliphatic heterocycles. The first-order chi connectivity index (χ1) is 9.45. The maximum atomic E-state index is 11.7. The van der Waals surface area contributed by atoms with E-state index in [1.807, 2.05) is 25.1 Å². The first-order valence-corrected chi connectivity index (χ1v) is 7.20. The summed E-state index contributed by atoms with van der Waals surface area (Å²) in [5.74, 6) is 0.385. The Morgan fingerprint density at radius 1 is 1.30 bits per heavy atom. The molecule has 0 aliphatic carbocycles. The van der Waals surface area contributed by atoms with Crippen LogP contribution >= 0.6 is 12.6 Å². The molecule has 0 unspecified atom stereocenters. The van der Waals surface area contributed by atoms with Gasteiger partial charge in [-0.3, -0.25) is 9.59 Å². The molecule has 110 valence electrons. The number of carbonyl (C=O) groups excluding carboxylic acids is 2. The van der Waals surface area contributed by atoms with Crippen LogP contribution in [0, 0.1) is 6.92 Å². The molecule has 0 atom stereocenters. The lowest BCUT2D eigenvalue weighted by Crippen LogP contribution is -2.32. The van der Waals surface area contributed by atoms with E-state index in [1.54, 1.807) is 4.90 Å². The lowest BCUT2D eigenvalue weighted by Gasteiger charge is -2.22. The molecular formula is C15H21NO3S. The second-order valence-electron chi connectivity index (χ2n) is 4.60. The van der Waals surface area contributed by atoms with Crippen molar-refractivity contribution in [1.82, 2.24) is 0 Å². The minimum atomic E-state index is -0.339. The van der Waals surface area contributed by atoms with Gasteiger partial charge in [-0.05, 0) is 42.4 Å². The van der Waals surface area contributed by atoms with Gasteiger partial charge in [-0.2, -0.15) is 12.6 Å². The van der Waals surface area contributed by atoms with Gasteiger partial charge < -0.3 is 9.64 Å². The van der Waals surface area contributed by atoms with Crippen LogP contribution in [0.2, 0.25) is 0 Å². The van der Waals surface area contributed by atoms with Gasteiger partial charge in [0.1, 0.15) is 6.61 Å². The van der Waals surface area contributed by atoms with Gasteiger partial charge in [0.15, 0.2) is 0 Å². The molecule has 4 nitrogen and oxygen atoms in total. The zero-order valence-electron chi connectivity index (χ0n) is 12.2. The number of nitrogens with zero attached hydrogens (tertiary/aromatic N) is 1. The average Bonchev–Trinajstić information content (AvgIpc) is 2.36. The summed E-state index contributed by atoms with van der Waals surface area (Å²) in [6.07, 6.45) is 0.905. The number of hydrogen-bond donors (Lipinski definition) is 1. The van der Waals surface area contributed by atoms with Crippen LogP contribution in [-0.4, -0.2) is 30.8 Å². The number of hydrogen-bond acceptors (Lipinski definition) is 4. The summed E-state index contributed by atoms with van der Waals surface area (Å²) in [7, 11) is 0. The summed E-state index contributed by atoms with van der Waals surface area (Å²) in [6.45, 7) is 5.44. The normalized spacial score (nSPS) is 10.2. The van der Waals surface area contributed by atoms with Crippen molar-refractivity contribution in [2.75, 3.05) is 23.8 Å². The molecule has 1 aromatic rings. The molecule has 1 amide bonds. The summed E-state index contributed by atoms with van der Waals surface area (Å²) < 4.78 is 4.89. The molecule has 0 heterocycles. The molecule has 0 saturated heterocycles. The van der Waals surface area contributed by atoms with Crippen molar-refractivity contribution in [3.63, 3.8) is 0 Å². The molecule has 1 rings (SSSR count). The van der Waals surface area contributed by atoms with E-state index in [4.69, 9.17) is 4.74 Å². The van der Waals surface area contributed by atoms with Crippen LogP contribution in [0.3, 0.4) is 0 Å². The van der Waals surface area contributed by atoms with Gasteiger partial charge in [0, 0.05) is 19.5 Å².